The van der Waals surface area contributed by atoms with Gasteiger partial charge in [0.1, 0.15) is 12.3 Å². The minimum absolute atomic E-state index is 0.0573. The maximum atomic E-state index is 13.5. The van der Waals surface area contributed by atoms with Gasteiger partial charge in [-0.1, -0.05) is 12.1 Å². The average molecular weight is 433 g/mol. The van der Waals surface area contributed by atoms with Crippen LogP contribution in [-0.2, 0) is 14.8 Å². The fourth-order valence-electron chi connectivity index (χ4n) is 3.00. The summed E-state index contributed by atoms with van der Waals surface area (Å²) in [6, 6.07) is 8.72. The number of nitro groups is 1. The summed E-state index contributed by atoms with van der Waals surface area (Å²) < 4.78 is 33.3. The Morgan fingerprint density at radius 1 is 1.23 bits per heavy atom. The van der Waals surface area contributed by atoms with Crippen LogP contribution in [0, 0.1) is 24.0 Å². The second kappa shape index (κ2) is 8.31. The Balaban J connectivity index is 2.11. The zero-order valence-electron chi connectivity index (χ0n) is 16.9. The summed E-state index contributed by atoms with van der Waals surface area (Å²) in [6.45, 7) is 2.84. The van der Waals surface area contributed by atoms with Crippen LogP contribution in [0.1, 0.15) is 24.0 Å². The minimum Gasteiger partial charge on any atom is -0.495 e. The van der Waals surface area contributed by atoms with Gasteiger partial charge in [-0.3, -0.25) is 19.2 Å². The molecule has 1 fully saturated rings. The van der Waals surface area contributed by atoms with Crippen molar-refractivity contribution >= 4 is 27.3 Å². The topological polar surface area (TPSA) is 119 Å². The maximum absolute atomic E-state index is 13.5. The quantitative estimate of drug-likeness (QED) is 0.505. The lowest BCUT2D eigenvalue weighted by atomic mass is 10.2. The molecule has 0 aromatic heterocycles. The second-order valence-electron chi connectivity index (χ2n) is 7.23. The Bertz CT molecular complexity index is 1100. The Hall–Kier alpha value is -3.14. The standard InChI is InChI=1S/C20H23N3O6S/c1-13-4-9-19(29-3)18(10-13)22(12-20(24)21-15-6-7-15)30(27,28)16-8-5-14(2)17(11-16)23(25)26/h4-5,8-11,15H,6-7,12H2,1-3H3,(H,21,24). The number of benzene rings is 2. The van der Waals surface area contributed by atoms with Crippen LogP contribution in [0.3, 0.4) is 0 Å². The Morgan fingerprint density at radius 2 is 1.93 bits per heavy atom. The van der Waals surface area contributed by atoms with Gasteiger partial charge in [-0.15, -0.1) is 0 Å². The van der Waals surface area contributed by atoms with Crippen LogP contribution in [0.2, 0.25) is 0 Å². The van der Waals surface area contributed by atoms with E-state index in [1.165, 1.54) is 26.2 Å². The third kappa shape index (κ3) is 4.54. The normalized spacial score (nSPS) is 13.6. The molecule has 1 aliphatic rings. The van der Waals surface area contributed by atoms with Crippen LogP contribution < -0.4 is 14.4 Å². The summed E-state index contributed by atoms with van der Waals surface area (Å²) >= 11 is 0. The lowest BCUT2D eigenvalue weighted by Crippen LogP contribution is -2.41. The van der Waals surface area contributed by atoms with Crippen LogP contribution >= 0.6 is 0 Å². The number of hydrogen-bond donors (Lipinski definition) is 1. The van der Waals surface area contributed by atoms with Gasteiger partial charge in [0, 0.05) is 17.7 Å². The Kier molecular flexibility index (Phi) is 5.97. The molecule has 1 amide bonds. The van der Waals surface area contributed by atoms with E-state index in [2.05, 4.69) is 5.32 Å². The van der Waals surface area contributed by atoms with Gasteiger partial charge in [-0.2, -0.15) is 0 Å². The SMILES string of the molecule is COc1ccc(C)cc1N(CC(=O)NC1CC1)S(=O)(=O)c1ccc(C)c([N+](=O)[O-])c1. The summed E-state index contributed by atoms with van der Waals surface area (Å²) in [5.74, 6) is -0.184. The monoisotopic (exact) mass is 433 g/mol. The summed E-state index contributed by atoms with van der Waals surface area (Å²) in [5, 5.41) is 14.1. The van der Waals surface area contributed by atoms with E-state index in [0.717, 1.165) is 28.8 Å². The lowest BCUT2D eigenvalue weighted by molar-refractivity contribution is -0.385. The fraction of sp³-hybridized carbons (Fsp3) is 0.350. The van der Waals surface area contributed by atoms with E-state index in [0.29, 0.717) is 5.56 Å². The zero-order valence-corrected chi connectivity index (χ0v) is 17.7. The van der Waals surface area contributed by atoms with Crippen molar-refractivity contribution in [3.8, 4) is 5.75 Å². The molecule has 30 heavy (non-hydrogen) atoms. The van der Waals surface area contributed by atoms with Crippen molar-refractivity contribution < 1.29 is 22.9 Å². The molecule has 2 aromatic carbocycles. The molecule has 0 saturated heterocycles. The van der Waals surface area contributed by atoms with Crippen LogP contribution in [0.4, 0.5) is 11.4 Å². The van der Waals surface area contributed by atoms with E-state index in [1.54, 1.807) is 25.1 Å². The molecule has 1 aliphatic carbocycles. The van der Waals surface area contributed by atoms with Gasteiger partial charge in [0.25, 0.3) is 15.7 Å². The molecule has 1 saturated carbocycles. The van der Waals surface area contributed by atoms with Crippen molar-refractivity contribution in [1.82, 2.24) is 5.32 Å². The fourth-order valence-corrected chi connectivity index (χ4v) is 4.44. The third-order valence-electron chi connectivity index (χ3n) is 4.80. The number of hydrogen-bond acceptors (Lipinski definition) is 6. The Morgan fingerprint density at radius 3 is 2.53 bits per heavy atom. The molecule has 0 atom stereocenters. The zero-order chi connectivity index (χ0) is 22.1. The number of methoxy groups -OCH3 is 1. The predicted molar refractivity (Wildman–Crippen MR) is 111 cm³/mol. The predicted octanol–water partition coefficient (Wildman–Crippen LogP) is 2.69. The minimum atomic E-state index is -4.30. The molecule has 9 nitrogen and oxygen atoms in total. The summed E-state index contributed by atoms with van der Waals surface area (Å²) in [7, 11) is -2.90. The molecule has 0 radical (unpaired) electrons. The molecule has 0 spiro atoms. The molecule has 0 aliphatic heterocycles. The van der Waals surface area contributed by atoms with Crippen LogP contribution in [0.15, 0.2) is 41.3 Å². The van der Waals surface area contributed by atoms with Gasteiger partial charge in [0.2, 0.25) is 5.91 Å². The van der Waals surface area contributed by atoms with Crippen molar-refractivity contribution in [3.05, 3.63) is 57.6 Å². The van der Waals surface area contributed by atoms with E-state index < -0.39 is 27.4 Å². The van der Waals surface area contributed by atoms with E-state index in [1.807, 2.05) is 0 Å². The second-order valence-corrected chi connectivity index (χ2v) is 9.10. The van der Waals surface area contributed by atoms with Crippen molar-refractivity contribution in [2.75, 3.05) is 18.0 Å². The molecule has 0 unspecified atom stereocenters. The highest BCUT2D eigenvalue weighted by molar-refractivity contribution is 7.92. The van der Waals surface area contributed by atoms with Gasteiger partial charge in [0.05, 0.1) is 22.6 Å². The van der Waals surface area contributed by atoms with Crippen LogP contribution in [-0.4, -0.2) is 38.9 Å². The number of sulfonamides is 1. The van der Waals surface area contributed by atoms with Gasteiger partial charge in [-0.25, -0.2) is 8.42 Å². The molecule has 0 bridgehead atoms. The van der Waals surface area contributed by atoms with Gasteiger partial charge < -0.3 is 10.1 Å². The van der Waals surface area contributed by atoms with Crippen molar-refractivity contribution in [2.45, 2.75) is 37.6 Å². The molecular formula is C20H23N3O6S. The number of nitrogens with zero attached hydrogens (tertiary/aromatic N) is 2. The van der Waals surface area contributed by atoms with Crippen molar-refractivity contribution in [1.29, 1.82) is 0 Å². The Labute approximate surface area is 174 Å². The molecular weight excluding hydrogens is 410 g/mol. The number of anilines is 1. The number of rotatable bonds is 8. The first-order valence-corrected chi connectivity index (χ1v) is 10.8. The van der Waals surface area contributed by atoms with E-state index in [-0.39, 0.29) is 28.1 Å². The van der Waals surface area contributed by atoms with Crippen molar-refractivity contribution in [3.63, 3.8) is 0 Å². The largest absolute Gasteiger partial charge is 0.495 e. The number of carbonyl (C=O) groups is 1. The number of nitrogens with one attached hydrogen (secondary N) is 1. The van der Waals surface area contributed by atoms with Gasteiger partial charge in [-0.05, 0) is 50.5 Å². The first-order chi connectivity index (χ1) is 14.1. The lowest BCUT2D eigenvalue weighted by Gasteiger charge is -2.26. The smallest absolute Gasteiger partial charge is 0.273 e. The molecule has 10 heteroatoms. The highest BCUT2D eigenvalue weighted by Crippen LogP contribution is 2.34. The average Bonchev–Trinajstić information content (AvgIpc) is 3.49. The van der Waals surface area contributed by atoms with Crippen LogP contribution in [0.25, 0.3) is 0 Å². The maximum Gasteiger partial charge on any atom is 0.273 e. The number of aryl methyl sites for hydroxylation is 2. The molecule has 1 N–H and O–H groups in total. The van der Waals surface area contributed by atoms with Crippen LogP contribution in [0.5, 0.6) is 5.75 Å². The molecule has 0 heterocycles. The highest BCUT2D eigenvalue weighted by atomic mass is 32.2. The number of ether oxygens (including phenoxy) is 1. The number of carbonyl (C=O) groups excluding carboxylic acids is 1. The first kappa shape index (κ1) is 21.6. The van der Waals surface area contributed by atoms with Gasteiger partial charge >= 0.3 is 0 Å². The summed E-state index contributed by atoms with van der Waals surface area (Å²) in [5.41, 5.74) is 0.981. The van der Waals surface area contributed by atoms with E-state index in [9.17, 15) is 23.3 Å². The number of nitro benzene ring substituents is 1. The molecule has 3 rings (SSSR count). The van der Waals surface area contributed by atoms with E-state index in [4.69, 9.17) is 4.74 Å². The highest BCUT2D eigenvalue weighted by Gasteiger charge is 2.32. The van der Waals surface area contributed by atoms with Gasteiger partial charge in [0.15, 0.2) is 0 Å². The molecule has 160 valence electrons. The first-order valence-electron chi connectivity index (χ1n) is 9.35. The van der Waals surface area contributed by atoms with E-state index >= 15 is 0 Å². The summed E-state index contributed by atoms with van der Waals surface area (Å²) in [4.78, 5) is 22.9. The summed E-state index contributed by atoms with van der Waals surface area (Å²) in [6.07, 6.45) is 1.72. The molecule has 2 aromatic rings. The van der Waals surface area contributed by atoms with Crippen molar-refractivity contribution in [2.24, 2.45) is 0 Å². The third-order valence-corrected chi connectivity index (χ3v) is 6.55. The number of amides is 1.